The first kappa shape index (κ1) is 19.7. The summed E-state index contributed by atoms with van der Waals surface area (Å²) in [6.07, 6.45) is 4.80. The second-order valence-electron chi connectivity index (χ2n) is 7.78. The molecule has 0 aliphatic carbocycles. The highest BCUT2D eigenvalue weighted by Gasteiger charge is 2.19. The fourth-order valence-electron chi connectivity index (χ4n) is 3.89. The van der Waals surface area contributed by atoms with Gasteiger partial charge in [-0.15, -0.1) is 0 Å². The average molecular weight is 428 g/mol. The number of halogens is 1. The molecule has 2 N–H and O–H groups in total. The summed E-state index contributed by atoms with van der Waals surface area (Å²) in [4.78, 5) is 16.4. The molecule has 4 aromatic rings. The number of benzene rings is 2. The van der Waals surface area contributed by atoms with Gasteiger partial charge in [0.1, 0.15) is 0 Å². The lowest BCUT2D eigenvalue weighted by Gasteiger charge is -2.28. The molecule has 0 spiro atoms. The molecule has 1 aliphatic rings. The highest BCUT2D eigenvalue weighted by atomic mass is 35.5. The van der Waals surface area contributed by atoms with Gasteiger partial charge in [-0.1, -0.05) is 35.9 Å². The smallest absolute Gasteiger partial charge is 0.159 e. The van der Waals surface area contributed by atoms with Crippen molar-refractivity contribution in [3.8, 4) is 22.6 Å². The SMILES string of the molecule is Nc1ccc(-c2ncc3c(n2)CCN(Cc2ccc(-c4ccccc4Cl)nc2)C3)cc1. The van der Waals surface area contributed by atoms with Crippen molar-refractivity contribution in [3.05, 3.63) is 94.9 Å². The quantitative estimate of drug-likeness (QED) is 0.464. The van der Waals surface area contributed by atoms with Crippen LogP contribution in [0.25, 0.3) is 22.6 Å². The van der Waals surface area contributed by atoms with Gasteiger partial charge in [0.05, 0.1) is 11.4 Å². The Kier molecular flexibility index (Phi) is 5.37. The van der Waals surface area contributed by atoms with Gasteiger partial charge in [-0.05, 0) is 42.0 Å². The van der Waals surface area contributed by atoms with Crippen LogP contribution in [-0.4, -0.2) is 26.4 Å². The van der Waals surface area contributed by atoms with E-state index in [4.69, 9.17) is 22.3 Å². The van der Waals surface area contributed by atoms with Crippen molar-refractivity contribution in [2.75, 3.05) is 12.3 Å². The minimum absolute atomic E-state index is 0.716. The molecule has 0 unspecified atom stereocenters. The molecular weight excluding hydrogens is 406 g/mol. The summed E-state index contributed by atoms with van der Waals surface area (Å²) in [5.41, 5.74) is 12.9. The van der Waals surface area contributed by atoms with E-state index in [0.717, 1.165) is 60.1 Å². The molecule has 3 heterocycles. The lowest BCUT2D eigenvalue weighted by atomic mass is 10.1. The number of fused-ring (bicyclic) bond motifs is 1. The largest absolute Gasteiger partial charge is 0.399 e. The van der Waals surface area contributed by atoms with Crippen molar-refractivity contribution in [1.82, 2.24) is 19.9 Å². The summed E-state index contributed by atoms with van der Waals surface area (Å²) < 4.78 is 0. The second kappa shape index (κ2) is 8.46. The van der Waals surface area contributed by atoms with Gasteiger partial charge in [0.25, 0.3) is 0 Å². The maximum Gasteiger partial charge on any atom is 0.159 e. The van der Waals surface area contributed by atoms with Crippen LogP contribution in [0.2, 0.25) is 5.02 Å². The van der Waals surface area contributed by atoms with Crippen molar-refractivity contribution in [1.29, 1.82) is 0 Å². The molecule has 1 aliphatic heterocycles. The van der Waals surface area contributed by atoms with Crippen molar-refractivity contribution < 1.29 is 0 Å². The van der Waals surface area contributed by atoms with E-state index >= 15 is 0 Å². The van der Waals surface area contributed by atoms with Gasteiger partial charge in [0, 0.05) is 65.8 Å². The van der Waals surface area contributed by atoms with E-state index in [1.807, 2.05) is 67.0 Å². The predicted molar refractivity (Wildman–Crippen MR) is 124 cm³/mol. The predicted octanol–water partition coefficient (Wildman–Crippen LogP) is 5.00. The minimum atomic E-state index is 0.716. The van der Waals surface area contributed by atoms with Gasteiger partial charge in [-0.2, -0.15) is 0 Å². The zero-order valence-electron chi connectivity index (χ0n) is 17.0. The molecule has 0 fully saturated rings. The molecule has 0 bridgehead atoms. The third-order valence-corrected chi connectivity index (χ3v) is 5.89. The topological polar surface area (TPSA) is 67.9 Å². The van der Waals surface area contributed by atoms with E-state index in [9.17, 15) is 0 Å². The number of hydrogen-bond donors (Lipinski definition) is 1. The van der Waals surface area contributed by atoms with E-state index in [2.05, 4.69) is 20.9 Å². The number of pyridine rings is 1. The van der Waals surface area contributed by atoms with Crippen LogP contribution >= 0.6 is 11.6 Å². The van der Waals surface area contributed by atoms with Gasteiger partial charge in [-0.25, -0.2) is 9.97 Å². The van der Waals surface area contributed by atoms with Crippen LogP contribution in [0.4, 0.5) is 5.69 Å². The Bertz CT molecular complexity index is 1210. The van der Waals surface area contributed by atoms with Crippen LogP contribution in [0.3, 0.4) is 0 Å². The molecule has 5 rings (SSSR count). The van der Waals surface area contributed by atoms with Crippen LogP contribution in [0.5, 0.6) is 0 Å². The van der Waals surface area contributed by atoms with E-state index in [0.29, 0.717) is 5.02 Å². The zero-order valence-corrected chi connectivity index (χ0v) is 17.8. The first-order chi connectivity index (χ1) is 15.2. The number of hydrogen-bond acceptors (Lipinski definition) is 5. The maximum absolute atomic E-state index is 6.29. The third kappa shape index (κ3) is 4.29. The first-order valence-corrected chi connectivity index (χ1v) is 10.7. The van der Waals surface area contributed by atoms with Crippen molar-refractivity contribution in [2.45, 2.75) is 19.5 Å². The highest BCUT2D eigenvalue weighted by Crippen LogP contribution is 2.27. The van der Waals surface area contributed by atoms with Gasteiger partial charge in [-0.3, -0.25) is 9.88 Å². The molecular formula is C25H22ClN5. The molecule has 2 aromatic heterocycles. The average Bonchev–Trinajstić information content (AvgIpc) is 2.80. The normalized spacial score (nSPS) is 13.7. The Labute approximate surface area is 186 Å². The fraction of sp³-hybridized carbons (Fsp3) is 0.160. The number of aromatic nitrogens is 3. The summed E-state index contributed by atoms with van der Waals surface area (Å²) in [5, 5.41) is 0.716. The van der Waals surface area contributed by atoms with Gasteiger partial charge in [0.2, 0.25) is 0 Å². The highest BCUT2D eigenvalue weighted by molar-refractivity contribution is 6.33. The van der Waals surface area contributed by atoms with Crippen LogP contribution in [0.1, 0.15) is 16.8 Å². The van der Waals surface area contributed by atoms with E-state index in [-0.39, 0.29) is 0 Å². The summed E-state index contributed by atoms with van der Waals surface area (Å²) >= 11 is 6.29. The van der Waals surface area contributed by atoms with Crippen molar-refractivity contribution in [3.63, 3.8) is 0 Å². The fourth-order valence-corrected chi connectivity index (χ4v) is 4.12. The van der Waals surface area contributed by atoms with Crippen LogP contribution in [0.15, 0.2) is 73.1 Å². The molecule has 0 atom stereocenters. The molecule has 5 nitrogen and oxygen atoms in total. The van der Waals surface area contributed by atoms with Gasteiger partial charge < -0.3 is 5.73 Å². The number of rotatable bonds is 4. The van der Waals surface area contributed by atoms with Crippen molar-refractivity contribution >= 4 is 17.3 Å². The Morgan fingerprint density at radius 1 is 0.935 bits per heavy atom. The van der Waals surface area contributed by atoms with Crippen LogP contribution in [-0.2, 0) is 19.5 Å². The van der Waals surface area contributed by atoms with Crippen LogP contribution < -0.4 is 5.73 Å². The number of anilines is 1. The monoisotopic (exact) mass is 427 g/mol. The molecule has 0 saturated carbocycles. The number of nitrogens with two attached hydrogens (primary N) is 1. The van der Waals surface area contributed by atoms with E-state index in [1.54, 1.807) is 0 Å². The number of nitrogens with zero attached hydrogens (tertiary/aromatic N) is 4. The maximum atomic E-state index is 6.29. The Morgan fingerprint density at radius 3 is 2.55 bits per heavy atom. The molecule has 0 radical (unpaired) electrons. The lowest BCUT2D eigenvalue weighted by Crippen LogP contribution is -2.31. The Hall–Kier alpha value is -3.28. The Morgan fingerprint density at radius 2 is 1.77 bits per heavy atom. The van der Waals surface area contributed by atoms with Crippen molar-refractivity contribution in [2.24, 2.45) is 0 Å². The molecule has 154 valence electrons. The van der Waals surface area contributed by atoms with E-state index < -0.39 is 0 Å². The first-order valence-electron chi connectivity index (χ1n) is 10.3. The lowest BCUT2D eigenvalue weighted by molar-refractivity contribution is 0.242. The summed E-state index contributed by atoms with van der Waals surface area (Å²) in [5.74, 6) is 0.756. The number of nitrogen functional groups attached to an aromatic ring is 1. The molecule has 6 heteroatoms. The standard InChI is InChI=1S/C25H22ClN5/c26-22-4-2-1-3-21(22)24-10-5-17(13-28-24)15-31-12-11-23-19(16-31)14-29-25(30-23)18-6-8-20(27)9-7-18/h1-10,13-14H,11-12,15-16,27H2. The van der Waals surface area contributed by atoms with Gasteiger partial charge in [0.15, 0.2) is 5.82 Å². The van der Waals surface area contributed by atoms with Crippen LogP contribution in [0, 0.1) is 0 Å². The molecule has 0 amide bonds. The Balaban J connectivity index is 1.28. The summed E-state index contributed by atoms with van der Waals surface area (Å²) in [6.45, 7) is 2.63. The minimum Gasteiger partial charge on any atom is -0.399 e. The third-order valence-electron chi connectivity index (χ3n) is 5.56. The molecule has 0 saturated heterocycles. The summed E-state index contributed by atoms with van der Waals surface area (Å²) in [7, 11) is 0. The molecule has 2 aromatic carbocycles. The van der Waals surface area contributed by atoms with Gasteiger partial charge >= 0.3 is 0 Å². The summed E-state index contributed by atoms with van der Waals surface area (Å²) in [6, 6.07) is 19.6. The molecule has 31 heavy (non-hydrogen) atoms. The van der Waals surface area contributed by atoms with E-state index in [1.165, 1.54) is 11.1 Å². The second-order valence-corrected chi connectivity index (χ2v) is 8.19. The zero-order chi connectivity index (χ0) is 21.2.